The van der Waals surface area contributed by atoms with Crippen molar-refractivity contribution in [1.82, 2.24) is 5.32 Å². The van der Waals surface area contributed by atoms with E-state index >= 15 is 0 Å². The lowest BCUT2D eigenvalue weighted by Gasteiger charge is -2.28. The van der Waals surface area contributed by atoms with Gasteiger partial charge >= 0.3 is 0 Å². The molecule has 1 atom stereocenters. The Hall–Kier alpha value is -1.02. The van der Waals surface area contributed by atoms with Crippen LogP contribution in [0, 0.1) is 0 Å². The average Bonchev–Trinajstić information content (AvgIpc) is 2.30. The molecule has 0 aliphatic carbocycles. The lowest BCUT2D eigenvalue weighted by molar-refractivity contribution is 0.598. The summed E-state index contributed by atoms with van der Waals surface area (Å²) in [5, 5.41) is 3.43. The van der Waals surface area contributed by atoms with Crippen LogP contribution in [0.2, 0.25) is 0 Å². The van der Waals surface area contributed by atoms with Crippen LogP contribution in [0.15, 0.2) is 24.3 Å². The minimum Gasteiger partial charge on any atom is -0.369 e. The number of rotatable bonds is 6. The van der Waals surface area contributed by atoms with E-state index in [1.165, 1.54) is 11.3 Å². The van der Waals surface area contributed by atoms with Crippen LogP contribution in [-0.2, 0) is 0 Å². The maximum atomic E-state index is 3.43. The molecule has 1 rings (SSSR count). The van der Waals surface area contributed by atoms with E-state index in [0.717, 1.165) is 13.1 Å². The summed E-state index contributed by atoms with van der Waals surface area (Å²) in [6.07, 6.45) is 0. The summed E-state index contributed by atoms with van der Waals surface area (Å²) in [7, 11) is 0. The minimum absolute atomic E-state index is 0.433. The summed E-state index contributed by atoms with van der Waals surface area (Å²) in [5.74, 6) is 0. The predicted molar refractivity (Wildman–Crippen MR) is 76.7 cm³/mol. The fourth-order valence-electron chi connectivity index (χ4n) is 2.22. The molecular weight excluding hydrogens is 208 g/mol. The third-order valence-corrected chi connectivity index (χ3v) is 3.20. The van der Waals surface area contributed by atoms with Crippen LogP contribution in [-0.4, -0.2) is 19.1 Å². The molecule has 2 nitrogen and oxygen atoms in total. The van der Waals surface area contributed by atoms with Gasteiger partial charge in [-0.3, -0.25) is 0 Å². The molecule has 0 heterocycles. The SMILES string of the molecule is CCNC(C)c1ccc(N(CC)C(C)C)cc1. The van der Waals surface area contributed by atoms with Crippen molar-refractivity contribution in [3.05, 3.63) is 29.8 Å². The molecule has 0 bridgehead atoms. The van der Waals surface area contributed by atoms with Crippen LogP contribution in [0.25, 0.3) is 0 Å². The van der Waals surface area contributed by atoms with Gasteiger partial charge in [-0.25, -0.2) is 0 Å². The Bertz CT molecular complexity index is 316. The molecule has 1 unspecified atom stereocenters. The standard InChI is InChI=1S/C15H26N2/c1-6-16-13(5)14-8-10-15(11-9-14)17(7-2)12(3)4/h8-13,16H,6-7H2,1-5H3. The van der Waals surface area contributed by atoms with Crippen LogP contribution in [0.4, 0.5) is 5.69 Å². The average molecular weight is 234 g/mol. The van der Waals surface area contributed by atoms with Crippen LogP contribution < -0.4 is 10.2 Å². The molecule has 17 heavy (non-hydrogen) atoms. The number of nitrogens with one attached hydrogen (secondary N) is 1. The van der Waals surface area contributed by atoms with Gasteiger partial charge in [0, 0.05) is 24.3 Å². The third kappa shape index (κ3) is 3.74. The first-order valence-corrected chi connectivity index (χ1v) is 6.70. The van der Waals surface area contributed by atoms with E-state index in [1.54, 1.807) is 0 Å². The van der Waals surface area contributed by atoms with Gasteiger partial charge in [0.2, 0.25) is 0 Å². The van der Waals surface area contributed by atoms with Crippen molar-refractivity contribution in [2.75, 3.05) is 18.0 Å². The fraction of sp³-hybridized carbons (Fsp3) is 0.600. The normalized spacial score (nSPS) is 12.8. The second-order valence-corrected chi connectivity index (χ2v) is 4.75. The van der Waals surface area contributed by atoms with Crippen LogP contribution in [0.3, 0.4) is 0 Å². The van der Waals surface area contributed by atoms with Crippen LogP contribution >= 0.6 is 0 Å². The van der Waals surface area contributed by atoms with Gasteiger partial charge in [0.25, 0.3) is 0 Å². The number of hydrogen-bond acceptors (Lipinski definition) is 2. The van der Waals surface area contributed by atoms with Gasteiger partial charge in [0.1, 0.15) is 0 Å². The molecule has 0 saturated heterocycles. The molecule has 0 fully saturated rings. The first kappa shape index (κ1) is 14.0. The molecule has 1 aromatic carbocycles. The topological polar surface area (TPSA) is 15.3 Å². The summed E-state index contributed by atoms with van der Waals surface area (Å²) >= 11 is 0. The van der Waals surface area contributed by atoms with Gasteiger partial charge in [-0.1, -0.05) is 19.1 Å². The molecule has 1 aromatic rings. The molecule has 0 aliphatic heterocycles. The Morgan fingerprint density at radius 3 is 2.06 bits per heavy atom. The van der Waals surface area contributed by atoms with Crippen molar-refractivity contribution in [1.29, 1.82) is 0 Å². The van der Waals surface area contributed by atoms with E-state index in [9.17, 15) is 0 Å². The molecule has 0 radical (unpaired) electrons. The number of hydrogen-bond donors (Lipinski definition) is 1. The largest absolute Gasteiger partial charge is 0.369 e. The Morgan fingerprint density at radius 1 is 1.06 bits per heavy atom. The maximum Gasteiger partial charge on any atom is 0.0368 e. The smallest absolute Gasteiger partial charge is 0.0368 e. The van der Waals surface area contributed by atoms with Gasteiger partial charge in [-0.15, -0.1) is 0 Å². The quantitative estimate of drug-likeness (QED) is 0.809. The maximum absolute atomic E-state index is 3.43. The fourth-order valence-corrected chi connectivity index (χ4v) is 2.22. The molecular formula is C15H26N2. The molecule has 0 aromatic heterocycles. The second kappa shape index (κ2) is 6.65. The summed E-state index contributed by atoms with van der Waals surface area (Å²) in [4.78, 5) is 2.40. The zero-order valence-electron chi connectivity index (χ0n) is 11.8. The Kier molecular flexibility index (Phi) is 5.49. The number of benzene rings is 1. The van der Waals surface area contributed by atoms with Gasteiger partial charge in [0.15, 0.2) is 0 Å². The van der Waals surface area contributed by atoms with Crippen molar-refractivity contribution in [3.63, 3.8) is 0 Å². The van der Waals surface area contributed by atoms with Crippen molar-refractivity contribution in [2.45, 2.75) is 46.7 Å². The van der Waals surface area contributed by atoms with E-state index in [4.69, 9.17) is 0 Å². The Balaban J connectivity index is 2.79. The van der Waals surface area contributed by atoms with E-state index in [1.807, 2.05) is 0 Å². The molecule has 0 amide bonds. The summed E-state index contributed by atoms with van der Waals surface area (Å²) < 4.78 is 0. The van der Waals surface area contributed by atoms with Gasteiger partial charge in [-0.05, 0) is 51.9 Å². The molecule has 0 aliphatic rings. The lowest BCUT2D eigenvalue weighted by Crippen LogP contribution is -2.30. The zero-order valence-corrected chi connectivity index (χ0v) is 11.8. The Morgan fingerprint density at radius 2 is 1.65 bits per heavy atom. The second-order valence-electron chi connectivity index (χ2n) is 4.75. The first-order valence-electron chi connectivity index (χ1n) is 6.70. The van der Waals surface area contributed by atoms with Crippen molar-refractivity contribution < 1.29 is 0 Å². The molecule has 1 N–H and O–H groups in total. The number of anilines is 1. The summed E-state index contributed by atoms with van der Waals surface area (Å²) in [6, 6.07) is 9.90. The summed E-state index contributed by atoms with van der Waals surface area (Å²) in [6.45, 7) is 13.1. The molecule has 0 saturated carbocycles. The van der Waals surface area contributed by atoms with Crippen LogP contribution in [0.1, 0.15) is 46.2 Å². The molecule has 2 heteroatoms. The number of nitrogens with zero attached hydrogens (tertiary/aromatic N) is 1. The van der Waals surface area contributed by atoms with Gasteiger partial charge in [-0.2, -0.15) is 0 Å². The predicted octanol–water partition coefficient (Wildman–Crippen LogP) is 3.59. The van der Waals surface area contributed by atoms with Gasteiger partial charge < -0.3 is 10.2 Å². The lowest BCUT2D eigenvalue weighted by atomic mass is 10.1. The summed E-state index contributed by atoms with van der Waals surface area (Å²) in [5.41, 5.74) is 2.67. The highest BCUT2D eigenvalue weighted by Crippen LogP contribution is 2.20. The zero-order chi connectivity index (χ0) is 12.8. The van der Waals surface area contributed by atoms with Crippen molar-refractivity contribution in [3.8, 4) is 0 Å². The van der Waals surface area contributed by atoms with E-state index in [-0.39, 0.29) is 0 Å². The monoisotopic (exact) mass is 234 g/mol. The van der Waals surface area contributed by atoms with E-state index in [0.29, 0.717) is 12.1 Å². The highest BCUT2D eigenvalue weighted by Gasteiger charge is 2.09. The van der Waals surface area contributed by atoms with Crippen molar-refractivity contribution in [2.24, 2.45) is 0 Å². The first-order chi connectivity index (χ1) is 8.10. The van der Waals surface area contributed by atoms with Crippen LogP contribution in [0.5, 0.6) is 0 Å². The molecule has 96 valence electrons. The van der Waals surface area contributed by atoms with Gasteiger partial charge in [0.05, 0.1) is 0 Å². The van der Waals surface area contributed by atoms with Crippen molar-refractivity contribution >= 4 is 5.69 Å². The highest BCUT2D eigenvalue weighted by atomic mass is 15.1. The van der Waals surface area contributed by atoms with E-state index < -0.39 is 0 Å². The minimum atomic E-state index is 0.433. The Labute approximate surface area is 106 Å². The third-order valence-electron chi connectivity index (χ3n) is 3.20. The highest BCUT2D eigenvalue weighted by molar-refractivity contribution is 5.48. The molecule has 0 spiro atoms. The van der Waals surface area contributed by atoms with E-state index in [2.05, 4.69) is 69.1 Å².